The summed E-state index contributed by atoms with van der Waals surface area (Å²) < 4.78 is 27.6. The quantitative estimate of drug-likeness (QED) is 0.894. The van der Waals surface area contributed by atoms with E-state index in [1.807, 2.05) is 0 Å². The van der Waals surface area contributed by atoms with Gasteiger partial charge in [0.25, 0.3) is 0 Å². The predicted molar refractivity (Wildman–Crippen MR) is 80.3 cm³/mol. The molecular weight excluding hydrogens is 288 g/mol. The van der Waals surface area contributed by atoms with E-state index >= 15 is 0 Å². The van der Waals surface area contributed by atoms with Crippen molar-refractivity contribution in [1.29, 1.82) is 0 Å². The molecule has 0 unspecified atom stereocenters. The van der Waals surface area contributed by atoms with Crippen LogP contribution >= 0.6 is 0 Å². The molecule has 0 heterocycles. The van der Waals surface area contributed by atoms with E-state index in [1.165, 1.54) is 25.5 Å². The van der Waals surface area contributed by atoms with Crippen LogP contribution in [0.3, 0.4) is 0 Å². The summed E-state index contributed by atoms with van der Waals surface area (Å²) in [5, 5.41) is 2.62. The van der Waals surface area contributed by atoms with Crippen LogP contribution in [0.2, 0.25) is 0 Å². The van der Waals surface area contributed by atoms with E-state index in [9.17, 15) is 13.2 Å². The van der Waals surface area contributed by atoms with Gasteiger partial charge in [-0.1, -0.05) is 6.42 Å². The highest BCUT2D eigenvalue weighted by Crippen LogP contribution is 2.44. The van der Waals surface area contributed by atoms with Crippen LogP contribution in [0.4, 0.5) is 5.69 Å². The first-order valence-electron chi connectivity index (χ1n) is 7.34. The van der Waals surface area contributed by atoms with Crippen LogP contribution in [0.1, 0.15) is 32.6 Å². The highest BCUT2D eigenvalue weighted by molar-refractivity contribution is 7.89. The van der Waals surface area contributed by atoms with Crippen LogP contribution in [0, 0.1) is 11.8 Å². The maximum atomic E-state index is 12.4. The van der Waals surface area contributed by atoms with Gasteiger partial charge in [-0.25, -0.2) is 13.1 Å². The number of nitrogens with one attached hydrogen (secondary N) is 2. The first-order valence-corrected chi connectivity index (χ1v) is 8.82. The highest BCUT2D eigenvalue weighted by atomic mass is 32.2. The second-order valence-electron chi connectivity index (χ2n) is 6.11. The zero-order valence-electron chi connectivity index (χ0n) is 12.0. The van der Waals surface area contributed by atoms with Crippen molar-refractivity contribution in [3.63, 3.8) is 0 Å². The first-order chi connectivity index (χ1) is 9.94. The molecule has 1 aromatic carbocycles. The summed E-state index contributed by atoms with van der Waals surface area (Å²) in [5.41, 5.74) is 0.598. The number of hydrogen-bond acceptors (Lipinski definition) is 3. The van der Waals surface area contributed by atoms with Crippen LogP contribution in [0.25, 0.3) is 0 Å². The van der Waals surface area contributed by atoms with Crippen molar-refractivity contribution in [2.45, 2.75) is 43.5 Å². The Balaban J connectivity index is 1.71. The number of fused-ring (bicyclic) bond motifs is 2. The summed E-state index contributed by atoms with van der Waals surface area (Å²) in [5.74, 6) is 1.03. The van der Waals surface area contributed by atoms with Gasteiger partial charge in [0.05, 0.1) is 4.90 Å². The van der Waals surface area contributed by atoms with Crippen molar-refractivity contribution >= 4 is 21.6 Å². The van der Waals surface area contributed by atoms with Crippen molar-refractivity contribution in [2.75, 3.05) is 5.32 Å². The van der Waals surface area contributed by atoms with Gasteiger partial charge in [-0.05, 0) is 55.4 Å². The number of hydrogen-bond donors (Lipinski definition) is 2. The summed E-state index contributed by atoms with van der Waals surface area (Å²) >= 11 is 0. The minimum atomic E-state index is -3.47. The molecule has 1 aromatic rings. The fourth-order valence-corrected chi connectivity index (χ4v) is 4.89. The minimum Gasteiger partial charge on any atom is -0.326 e. The van der Waals surface area contributed by atoms with E-state index in [1.54, 1.807) is 12.1 Å². The molecule has 0 radical (unpaired) electrons. The molecule has 2 N–H and O–H groups in total. The third-order valence-corrected chi connectivity index (χ3v) is 6.04. The monoisotopic (exact) mass is 308 g/mol. The predicted octanol–water partition coefficient (Wildman–Crippen LogP) is 2.11. The van der Waals surface area contributed by atoms with Gasteiger partial charge in [0.2, 0.25) is 15.9 Å². The summed E-state index contributed by atoms with van der Waals surface area (Å²) in [6, 6.07) is 6.36. The molecule has 2 aliphatic rings. The molecule has 1 amide bonds. The van der Waals surface area contributed by atoms with Crippen molar-refractivity contribution in [3.8, 4) is 0 Å². The molecule has 0 aliphatic heterocycles. The molecule has 6 heteroatoms. The molecule has 0 aromatic heterocycles. The molecule has 114 valence electrons. The van der Waals surface area contributed by atoms with E-state index in [2.05, 4.69) is 10.0 Å². The van der Waals surface area contributed by atoms with E-state index in [-0.39, 0.29) is 16.8 Å². The Morgan fingerprint density at radius 2 is 1.86 bits per heavy atom. The summed E-state index contributed by atoms with van der Waals surface area (Å²) in [7, 11) is -3.47. The van der Waals surface area contributed by atoms with Gasteiger partial charge in [-0.15, -0.1) is 0 Å². The van der Waals surface area contributed by atoms with Crippen LogP contribution < -0.4 is 10.0 Å². The molecule has 2 aliphatic carbocycles. The van der Waals surface area contributed by atoms with Crippen molar-refractivity contribution in [1.82, 2.24) is 4.72 Å². The molecule has 3 atom stereocenters. The number of rotatable bonds is 4. The zero-order valence-corrected chi connectivity index (χ0v) is 12.8. The van der Waals surface area contributed by atoms with Crippen LogP contribution in [-0.4, -0.2) is 20.4 Å². The van der Waals surface area contributed by atoms with Gasteiger partial charge in [-0.2, -0.15) is 0 Å². The van der Waals surface area contributed by atoms with Gasteiger partial charge in [0.15, 0.2) is 0 Å². The molecule has 3 rings (SSSR count). The Bertz CT molecular complexity index is 639. The Kier molecular flexibility index (Phi) is 3.75. The Morgan fingerprint density at radius 3 is 2.38 bits per heavy atom. The Hall–Kier alpha value is -1.40. The van der Waals surface area contributed by atoms with Gasteiger partial charge in [0, 0.05) is 18.7 Å². The van der Waals surface area contributed by atoms with E-state index in [0.717, 1.165) is 19.3 Å². The molecule has 5 nitrogen and oxygen atoms in total. The average molecular weight is 308 g/mol. The lowest BCUT2D eigenvalue weighted by Gasteiger charge is -2.22. The zero-order chi connectivity index (χ0) is 15.0. The topological polar surface area (TPSA) is 75.3 Å². The Morgan fingerprint density at radius 1 is 1.14 bits per heavy atom. The third kappa shape index (κ3) is 3.11. The average Bonchev–Trinajstić information content (AvgIpc) is 3.00. The fraction of sp³-hybridized carbons (Fsp3) is 0.533. The largest absolute Gasteiger partial charge is 0.326 e. The molecule has 21 heavy (non-hydrogen) atoms. The standard InChI is InChI=1S/C15H20N2O3S/c1-10(18)16-13-4-6-14(7-5-13)21(19,20)17-15-9-11-2-3-12(15)8-11/h4-7,11-12,15,17H,2-3,8-9H2,1H3,(H,16,18)/t11-,12-,15-/m1/s1. The smallest absolute Gasteiger partial charge is 0.240 e. The van der Waals surface area contributed by atoms with Crippen LogP contribution in [-0.2, 0) is 14.8 Å². The number of sulfonamides is 1. The summed E-state index contributed by atoms with van der Waals surface area (Å²) in [4.78, 5) is 11.2. The number of carbonyl (C=O) groups is 1. The van der Waals surface area contributed by atoms with Crippen molar-refractivity contribution in [2.24, 2.45) is 11.8 Å². The maximum Gasteiger partial charge on any atom is 0.240 e. The lowest BCUT2D eigenvalue weighted by Crippen LogP contribution is -2.38. The molecular formula is C15H20N2O3S. The number of amides is 1. The van der Waals surface area contributed by atoms with Gasteiger partial charge < -0.3 is 5.32 Å². The number of carbonyl (C=O) groups excluding carboxylic acids is 1. The number of benzene rings is 1. The molecule has 2 fully saturated rings. The van der Waals surface area contributed by atoms with Gasteiger partial charge in [0.1, 0.15) is 0 Å². The van der Waals surface area contributed by atoms with Crippen molar-refractivity contribution in [3.05, 3.63) is 24.3 Å². The first kappa shape index (κ1) is 14.5. The van der Waals surface area contributed by atoms with Gasteiger partial charge in [-0.3, -0.25) is 4.79 Å². The van der Waals surface area contributed by atoms with Gasteiger partial charge >= 0.3 is 0 Å². The second kappa shape index (κ2) is 5.42. The maximum absolute atomic E-state index is 12.4. The summed E-state index contributed by atoms with van der Waals surface area (Å²) in [6.07, 6.45) is 4.51. The van der Waals surface area contributed by atoms with Crippen molar-refractivity contribution < 1.29 is 13.2 Å². The SMILES string of the molecule is CC(=O)Nc1ccc(S(=O)(=O)N[C@@H]2C[C@@H]3CC[C@@H]2C3)cc1. The Labute approximate surface area is 125 Å². The van der Waals surface area contributed by atoms with E-state index < -0.39 is 10.0 Å². The molecule has 2 saturated carbocycles. The van der Waals surface area contributed by atoms with Crippen LogP contribution in [0.15, 0.2) is 29.2 Å². The van der Waals surface area contributed by atoms with Crippen LogP contribution in [0.5, 0.6) is 0 Å². The number of anilines is 1. The molecule has 0 saturated heterocycles. The second-order valence-corrected chi connectivity index (χ2v) is 7.82. The minimum absolute atomic E-state index is 0.0868. The van der Waals surface area contributed by atoms with E-state index in [0.29, 0.717) is 17.5 Å². The lowest BCUT2D eigenvalue weighted by atomic mass is 9.96. The molecule has 2 bridgehead atoms. The lowest BCUT2D eigenvalue weighted by molar-refractivity contribution is -0.114. The summed E-state index contributed by atoms with van der Waals surface area (Å²) in [6.45, 7) is 1.42. The molecule has 0 spiro atoms. The fourth-order valence-electron chi connectivity index (χ4n) is 3.58. The third-order valence-electron chi connectivity index (χ3n) is 4.53. The normalized spacial score (nSPS) is 27.8. The van der Waals surface area contributed by atoms with E-state index in [4.69, 9.17) is 0 Å². The highest BCUT2D eigenvalue weighted by Gasteiger charge is 2.41.